The highest BCUT2D eigenvalue weighted by atomic mass is 16.5. The van der Waals surface area contributed by atoms with Crippen molar-refractivity contribution in [1.29, 1.82) is 0 Å². The van der Waals surface area contributed by atoms with E-state index in [0.29, 0.717) is 18.0 Å². The van der Waals surface area contributed by atoms with Crippen LogP contribution in [0.15, 0.2) is 42.7 Å². The lowest BCUT2D eigenvalue weighted by atomic mass is 10.2. The normalized spacial score (nSPS) is 22.8. The largest absolute Gasteiger partial charge is 0.335 e. The minimum absolute atomic E-state index is 0.247. The first-order valence-electron chi connectivity index (χ1n) is 8.05. The number of likely N-dealkylation sites (tertiary alicyclic amines) is 1. The van der Waals surface area contributed by atoms with Gasteiger partial charge in [0.25, 0.3) is 5.91 Å². The van der Waals surface area contributed by atoms with Gasteiger partial charge in [0, 0.05) is 44.1 Å². The Morgan fingerprint density at radius 3 is 2.54 bits per heavy atom. The summed E-state index contributed by atoms with van der Waals surface area (Å²) in [5, 5.41) is 8.63. The van der Waals surface area contributed by atoms with E-state index in [1.165, 1.54) is 18.0 Å². The van der Waals surface area contributed by atoms with E-state index in [-0.39, 0.29) is 5.56 Å². The van der Waals surface area contributed by atoms with Crippen LogP contribution in [0.25, 0.3) is 0 Å². The van der Waals surface area contributed by atoms with Crippen LogP contribution in [-0.4, -0.2) is 51.2 Å². The van der Waals surface area contributed by atoms with Crippen LogP contribution in [0.1, 0.15) is 22.3 Å². The number of benzene rings is 1. The molecule has 2 saturated heterocycles. The molecule has 2 atom stereocenters. The number of aromatic nitrogens is 2. The van der Waals surface area contributed by atoms with Gasteiger partial charge >= 0.3 is 0 Å². The summed E-state index contributed by atoms with van der Waals surface area (Å²) in [5.41, 5.74) is 3.17. The lowest BCUT2D eigenvalue weighted by Crippen LogP contribution is -2.46. The Hall–Kier alpha value is -2.51. The lowest BCUT2D eigenvalue weighted by molar-refractivity contribution is 0.0705. The van der Waals surface area contributed by atoms with E-state index in [0.717, 1.165) is 26.1 Å². The Morgan fingerprint density at radius 2 is 1.92 bits per heavy atom. The molecule has 124 valence electrons. The quantitative estimate of drug-likeness (QED) is 0.646. The lowest BCUT2D eigenvalue weighted by Gasteiger charge is -2.34. The molecule has 0 unspecified atom stereocenters. The number of amides is 1. The van der Waals surface area contributed by atoms with Crippen molar-refractivity contribution in [2.45, 2.75) is 25.0 Å². The third kappa shape index (κ3) is 2.72. The zero-order chi connectivity index (χ0) is 16.5. The number of fused-ring (bicyclic) bond motifs is 2. The predicted molar refractivity (Wildman–Crippen MR) is 87.7 cm³/mol. The van der Waals surface area contributed by atoms with E-state index in [1.807, 2.05) is 6.07 Å². The van der Waals surface area contributed by atoms with Crippen molar-refractivity contribution in [2.24, 2.45) is 0 Å². The zero-order valence-corrected chi connectivity index (χ0v) is 13.2. The van der Waals surface area contributed by atoms with Gasteiger partial charge in [-0.3, -0.25) is 14.9 Å². The Morgan fingerprint density at radius 1 is 1.17 bits per heavy atom. The highest BCUT2D eigenvalue weighted by Gasteiger charge is 2.44. The molecular formula is C17H19N5O2. The SMILES string of the molecule is O=C(NO)c1cnc(N2C[C@@H]3C[C@@H]2CN3Cc2ccccc2)nc1. The minimum Gasteiger partial charge on any atom is -0.335 e. The Kier molecular flexibility index (Phi) is 3.87. The second-order valence-corrected chi connectivity index (χ2v) is 6.32. The van der Waals surface area contributed by atoms with Crippen LogP contribution in [0.4, 0.5) is 5.95 Å². The highest BCUT2D eigenvalue weighted by molar-refractivity contribution is 5.92. The molecule has 2 fully saturated rings. The number of hydrogen-bond acceptors (Lipinski definition) is 6. The molecule has 7 heteroatoms. The van der Waals surface area contributed by atoms with E-state index in [9.17, 15) is 4.79 Å². The molecule has 2 aliphatic heterocycles. The van der Waals surface area contributed by atoms with Gasteiger partial charge in [0.2, 0.25) is 5.95 Å². The van der Waals surface area contributed by atoms with Gasteiger partial charge < -0.3 is 4.90 Å². The van der Waals surface area contributed by atoms with Gasteiger partial charge in [-0.1, -0.05) is 30.3 Å². The summed E-state index contributed by atoms with van der Waals surface area (Å²) in [6.45, 7) is 2.89. The third-order valence-corrected chi connectivity index (χ3v) is 4.84. The summed E-state index contributed by atoms with van der Waals surface area (Å²) >= 11 is 0. The summed E-state index contributed by atoms with van der Waals surface area (Å²) in [6.07, 6.45) is 4.01. The third-order valence-electron chi connectivity index (χ3n) is 4.84. The van der Waals surface area contributed by atoms with E-state index in [1.54, 1.807) is 5.48 Å². The standard InChI is InChI=1S/C17H19N5O2/c23-16(20-24)13-7-18-17(19-8-13)22-11-14-6-15(22)10-21(14)9-12-4-2-1-3-5-12/h1-5,7-8,14-15,24H,6,9-11H2,(H,20,23)/t14-,15+/m0/s1. The highest BCUT2D eigenvalue weighted by Crippen LogP contribution is 2.33. The second kappa shape index (κ2) is 6.18. The molecule has 0 aliphatic carbocycles. The van der Waals surface area contributed by atoms with Gasteiger partial charge in [-0.15, -0.1) is 0 Å². The molecule has 7 nitrogen and oxygen atoms in total. The van der Waals surface area contributed by atoms with Crippen LogP contribution >= 0.6 is 0 Å². The number of nitrogens with one attached hydrogen (secondary N) is 1. The van der Waals surface area contributed by atoms with Gasteiger partial charge in [0.05, 0.1) is 5.56 Å². The number of piperazine rings is 1. The molecule has 2 aliphatic rings. The summed E-state index contributed by atoms with van der Waals surface area (Å²) in [7, 11) is 0. The Labute approximate surface area is 139 Å². The Bertz CT molecular complexity index is 722. The van der Waals surface area contributed by atoms with Crippen LogP contribution in [-0.2, 0) is 6.54 Å². The van der Waals surface area contributed by atoms with Gasteiger partial charge in [-0.05, 0) is 12.0 Å². The van der Waals surface area contributed by atoms with Crippen LogP contribution < -0.4 is 10.4 Å². The number of hydroxylamine groups is 1. The maximum absolute atomic E-state index is 11.3. The fraction of sp³-hybridized carbons (Fsp3) is 0.353. The van der Waals surface area contributed by atoms with E-state index in [2.05, 4.69) is 44.0 Å². The first kappa shape index (κ1) is 15.0. The summed E-state index contributed by atoms with van der Waals surface area (Å²) in [6, 6.07) is 11.5. The minimum atomic E-state index is -0.599. The number of rotatable bonds is 4. The molecule has 0 spiro atoms. The molecular weight excluding hydrogens is 306 g/mol. The Balaban J connectivity index is 1.42. The molecule has 2 N–H and O–H groups in total. The van der Waals surface area contributed by atoms with Gasteiger partial charge in [0.1, 0.15) is 0 Å². The maximum atomic E-state index is 11.3. The van der Waals surface area contributed by atoms with Crippen molar-refractivity contribution >= 4 is 11.9 Å². The summed E-state index contributed by atoms with van der Waals surface area (Å²) in [4.78, 5) is 24.6. The van der Waals surface area contributed by atoms with E-state index < -0.39 is 5.91 Å². The fourth-order valence-corrected chi connectivity index (χ4v) is 3.66. The molecule has 4 rings (SSSR count). The first-order chi connectivity index (χ1) is 11.7. The molecule has 1 aromatic heterocycles. The monoisotopic (exact) mass is 325 g/mol. The molecule has 2 bridgehead atoms. The van der Waals surface area contributed by atoms with Crippen LogP contribution in [0.2, 0.25) is 0 Å². The van der Waals surface area contributed by atoms with Gasteiger partial charge in [-0.2, -0.15) is 0 Å². The van der Waals surface area contributed by atoms with E-state index in [4.69, 9.17) is 5.21 Å². The van der Waals surface area contributed by atoms with Crippen molar-refractivity contribution in [1.82, 2.24) is 20.3 Å². The number of carbonyl (C=O) groups excluding carboxylic acids is 1. The number of hydrogen-bond donors (Lipinski definition) is 2. The summed E-state index contributed by atoms with van der Waals surface area (Å²) < 4.78 is 0. The maximum Gasteiger partial charge on any atom is 0.277 e. The molecule has 24 heavy (non-hydrogen) atoms. The topological polar surface area (TPSA) is 81.6 Å². The van der Waals surface area contributed by atoms with Gasteiger partial charge in [0.15, 0.2) is 0 Å². The molecule has 3 heterocycles. The van der Waals surface area contributed by atoms with Crippen LogP contribution in [0.5, 0.6) is 0 Å². The van der Waals surface area contributed by atoms with Crippen molar-refractivity contribution < 1.29 is 10.0 Å². The van der Waals surface area contributed by atoms with Crippen molar-refractivity contribution in [2.75, 3.05) is 18.0 Å². The smallest absolute Gasteiger partial charge is 0.277 e. The van der Waals surface area contributed by atoms with Crippen molar-refractivity contribution in [3.8, 4) is 0 Å². The second-order valence-electron chi connectivity index (χ2n) is 6.32. The van der Waals surface area contributed by atoms with E-state index >= 15 is 0 Å². The predicted octanol–water partition coefficient (Wildman–Crippen LogP) is 1.06. The molecule has 2 aromatic rings. The van der Waals surface area contributed by atoms with Crippen molar-refractivity contribution in [3.63, 3.8) is 0 Å². The molecule has 1 aromatic carbocycles. The molecule has 0 saturated carbocycles. The average molecular weight is 325 g/mol. The number of carbonyl (C=O) groups is 1. The molecule has 0 radical (unpaired) electrons. The fourth-order valence-electron chi connectivity index (χ4n) is 3.66. The molecule has 1 amide bonds. The number of nitrogens with zero attached hydrogens (tertiary/aromatic N) is 4. The number of anilines is 1. The van der Waals surface area contributed by atoms with Crippen LogP contribution in [0.3, 0.4) is 0 Å². The van der Waals surface area contributed by atoms with Crippen LogP contribution in [0, 0.1) is 0 Å². The van der Waals surface area contributed by atoms with Gasteiger partial charge in [-0.25, -0.2) is 15.4 Å². The zero-order valence-electron chi connectivity index (χ0n) is 13.2. The average Bonchev–Trinajstić information content (AvgIpc) is 3.22. The van der Waals surface area contributed by atoms with Crippen molar-refractivity contribution in [3.05, 3.63) is 53.9 Å². The summed E-state index contributed by atoms with van der Waals surface area (Å²) in [5.74, 6) is 0.0508. The first-order valence-corrected chi connectivity index (χ1v) is 8.05.